The molecule has 0 unspecified atom stereocenters. The molecule has 150 valence electrons. The van der Waals surface area contributed by atoms with Gasteiger partial charge in [0.25, 0.3) is 11.8 Å². The molecule has 0 fully saturated rings. The van der Waals surface area contributed by atoms with Crippen molar-refractivity contribution in [2.45, 2.75) is 13.0 Å². The first-order valence-electron chi connectivity index (χ1n) is 9.85. The lowest BCUT2D eigenvalue weighted by Crippen LogP contribution is -2.34. The molecule has 2 aromatic carbocycles. The Morgan fingerprint density at radius 1 is 1.10 bits per heavy atom. The van der Waals surface area contributed by atoms with E-state index in [0.29, 0.717) is 36.6 Å². The lowest BCUT2D eigenvalue weighted by atomic mass is 10.1. The highest BCUT2D eigenvalue weighted by atomic mass is 16.2. The maximum atomic E-state index is 12.9. The van der Waals surface area contributed by atoms with Crippen LogP contribution in [0.1, 0.15) is 26.4 Å². The molecule has 0 spiro atoms. The predicted molar refractivity (Wildman–Crippen MR) is 115 cm³/mol. The van der Waals surface area contributed by atoms with Crippen LogP contribution in [0.4, 0.5) is 11.4 Å². The van der Waals surface area contributed by atoms with Crippen molar-refractivity contribution in [1.82, 2.24) is 9.88 Å². The molecule has 1 aromatic heterocycles. The number of carbonyl (C=O) groups is 3. The fourth-order valence-electron chi connectivity index (χ4n) is 4.20. The van der Waals surface area contributed by atoms with Crippen molar-refractivity contribution in [3.63, 3.8) is 0 Å². The summed E-state index contributed by atoms with van der Waals surface area (Å²) in [6.45, 7) is 5.41. The highest BCUT2D eigenvalue weighted by Gasteiger charge is 2.24. The van der Waals surface area contributed by atoms with Gasteiger partial charge in [-0.1, -0.05) is 18.7 Å². The third-order valence-corrected chi connectivity index (χ3v) is 5.70. The maximum Gasteiger partial charge on any atom is 0.268 e. The van der Waals surface area contributed by atoms with Crippen LogP contribution in [-0.4, -0.2) is 35.4 Å². The number of carbonyl (C=O) groups excluding carboxylic acids is 3. The Kier molecular flexibility index (Phi) is 4.17. The van der Waals surface area contributed by atoms with Gasteiger partial charge >= 0.3 is 0 Å². The number of nitrogens with zero attached hydrogens (tertiary/aromatic N) is 2. The van der Waals surface area contributed by atoms with E-state index in [-0.39, 0.29) is 17.7 Å². The summed E-state index contributed by atoms with van der Waals surface area (Å²) < 4.78 is 1.94. The minimum atomic E-state index is -0.243. The van der Waals surface area contributed by atoms with Gasteiger partial charge in [-0.2, -0.15) is 0 Å². The van der Waals surface area contributed by atoms with Crippen LogP contribution < -0.4 is 15.5 Å². The van der Waals surface area contributed by atoms with Crippen molar-refractivity contribution in [3.05, 3.63) is 71.9 Å². The van der Waals surface area contributed by atoms with E-state index >= 15 is 0 Å². The van der Waals surface area contributed by atoms with Crippen LogP contribution in [-0.2, 0) is 17.8 Å². The van der Waals surface area contributed by atoms with Crippen LogP contribution in [0.25, 0.3) is 10.9 Å². The minimum absolute atomic E-state index is 0.0970. The number of hydrogen-bond donors (Lipinski definition) is 2. The zero-order chi connectivity index (χ0) is 20.8. The molecule has 2 N–H and O–H groups in total. The molecule has 2 aliphatic rings. The highest BCUT2D eigenvalue weighted by Crippen LogP contribution is 2.31. The number of benzene rings is 2. The molecule has 3 aromatic rings. The fourth-order valence-corrected chi connectivity index (χ4v) is 4.20. The number of aromatic nitrogens is 1. The topological polar surface area (TPSA) is 83.4 Å². The second-order valence-corrected chi connectivity index (χ2v) is 7.45. The predicted octanol–water partition coefficient (Wildman–Crippen LogP) is 2.71. The van der Waals surface area contributed by atoms with Gasteiger partial charge in [-0.25, -0.2) is 0 Å². The fraction of sp³-hybridized carbons (Fsp3) is 0.174. The van der Waals surface area contributed by atoms with Crippen molar-refractivity contribution >= 4 is 40.0 Å². The van der Waals surface area contributed by atoms with E-state index in [1.54, 1.807) is 11.0 Å². The molecule has 0 saturated heterocycles. The van der Waals surface area contributed by atoms with E-state index in [4.69, 9.17) is 0 Å². The SMILES string of the molecule is C=CC(=O)N1CCc2ccc(NC(=O)c3ccc4cc5n(c4c3)CCNC5=O)cc21. The first-order chi connectivity index (χ1) is 14.5. The minimum Gasteiger partial charge on any atom is -0.349 e. The first-order valence-corrected chi connectivity index (χ1v) is 9.85. The van der Waals surface area contributed by atoms with Crippen LogP contribution in [0.3, 0.4) is 0 Å². The van der Waals surface area contributed by atoms with Gasteiger partial charge in [0.1, 0.15) is 5.69 Å². The van der Waals surface area contributed by atoms with Crippen molar-refractivity contribution in [2.24, 2.45) is 0 Å². The monoisotopic (exact) mass is 400 g/mol. The van der Waals surface area contributed by atoms with Gasteiger partial charge in [-0.3, -0.25) is 14.4 Å². The number of amides is 3. The molecule has 2 aliphatic heterocycles. The first kappa shape index (κ1) is 18.2. The van der Waals surface area contributed by atoms with E-state index in [0.717, 1.165) is 28.6 Å². The van der Waals surface area contributed by atoms with Gasteiger partial charge in [0.2, 0.25) is 5.91 Å². The Morgan fingerprint density at radius 2 is 1.97 bits per heavy atom. The van der Waals surface area contributed by atoms with Crippen LogP contribution in [0.5, 0.6) is 0 Å². The van der Waals surface area contributed by atoms with Gasteiger partial charge in [0.15, 0.2) is 0 Å². The number of nitrogens with one attached hydrogen (secondary N) is 2. The number of anilines is 2. The summed E-state index contributed by atoms with van der Waals surface area (Å²) in [6.07, 6.45) is 2.08. The zero-order valence-electron chi connectivity index (χ0n) is 16.3. The van der Waals surface area contributed by atoms with Gasteiger partial charge < -0.3 is 20.1 Å². The highest BCUT2D eigenvalue weighted by molar-refractivity contribution is 6.08. The smallest absolute Gasteiger partial charge is 0.268 e. The largest absolute Gasteiger partial charge is 0.349 e. The summed E-state index contributed by atoms with van der Waals surface area (Å²) in [4.78, 5) is 38.7. The second kappa shape index (κ2) is 6.88. The lowest BCUT2D eigenvalue weighted by molar-refractivity contribution is -0.114. The van der Waals surface area contributed by atoms with Crippen molar-refractivity contribution < 1.29 is 14.4 Å². The summed E-state index contributed by atoms with van der Waals surface area (Å²) in [5.41, 5.74) is 4.49. The molecular formula is C23H20N4O3. The molecule has 3 heterocycles. The Bertz CT molecular complexity index is 1240. The van der Waals surface area contributed by atoms with Gasteiger partial charge in [0.05, 0.1) is 0 Å². The van der Waals surface area contributed by atoms with Crippen LogP contribution >= 0.6 is 0 Å². The summed E-state index contributed by atoms with van der Waals surface area (Å²) in [6, 6.07) is 12.9. The normalized spacial score (nSPS) is 14.8. The van der Waals surface area contributed by atoms with Gasteiger partial charge in [-0.15, -0.1) is 0 Å². The molecular weight excluding hydrogens is 380 g/mol. The third-order valence-electron chi connectivity index (χ3n) is 5.70. The quantitative estimate of drug-likeness (QED) is 0.663. The summed E-state index contributed by atoms with van der Waals surface area (Å²) in [7, 11) is 0. The number of rotatable bonds is 3. The molecule has 0 saturated carbocycles. The molecule has 3 amide bonds. The lowest BCUT2D eigenvalue weighted by Gasteiger charge is -2.17. The van der Waals surface area contributed by atoms with Crippen molar-refractivity contribution in [2.75, 3.05) is 23.3 Å². The Hall–Kier alpha value is -3.87. The Balaban J connectivity index is 1.43. The van der Waals surface area contributed by atoms with Crippen LogP contribution in [0.15, 0.2) is 55.1 Å². The molecule has 7 nitrogen and oxygen atoms in total. The second-order valence-electron chi connectivity index (χ2n) is 7.45. The number of hydrogen-bond acceptors (Lipinski definition) is 3. The van der Waals surface area contributed by atoms with E-state index in [1.807, 2.05) is 41.0 Å². The van der Waals surface area contributed by atoms with Crippen LogP contribution in [0.2, 0.25) is 0 Å². The summed E-state index contributed by atoms with van der Waals surface area (Å²) >= 11 is 0. The molecule has 30 heavy (non-hydrogen) atoms. The molecule has 7 heteroatoms. The molecule has 0 bridgehead atoms. The average molecular weight is 400 g/mol. The van der Waals surface area contributed by atoms with E-state index < -0.39 is 0 Å². The van der Waals surface area contributed by atoms with Crippen molar-refractivity contribution in [1.29, 1.82) is 0 Å². The standard InChI is InChI=1S/C23H20N4O3/c1-2-21(28)27-9-7-14-5-6-17(13-19(14)27)25-22(29)16-4-3-15-11-20-23(30)24-8-10-26(20)18(15)12-16/h2-6,11-13H,1,7-10H2,(H,24,30)(H,25,29). The van der Waals surface area contributed by atoms with Gasteiger partial charge in [0, 0.05) is 47.5 Å². The third kappa shape index (κ3) is 2.86. The van der Waals surface area contributed by atoms with Crippen molar-refractivity contribution in [3.8, 4) is 0 Å². The molecule has 0 aliphatic carbocycles. The summed E-state index contributed by atoms with van der Waals surface area (Å²) in [5.74, 6) is -0.489. The van der Waals surface area contributed by atoms with Gasteiger partial charge in [-0.05, 0) is 48.4 Å². The van der Waals surface area contributed by atoms with E-state index in [1.165, 1.54) is 6.08 Å². The van der Waals surface area contributed by atoms with E-state index in [2.05, 4.69) is 17.2 Å². The Morgan fingerprint density at radius 3 is 2.80 bits per heavy atom. The maximum absolute atomic E-state index is 12.9. The molecule has 5 rings (SSSR count). The van der Waals surface area contributed by atoms with Crippen LogP contribution in [0, 0.1) is 0 Å². The zero-order valence-corrected chi connectivity index (χ0v) is 16.3. The summed E-state index contributed by atoms with van der Waals surface area (Å²) in [5, 5.41) is 6.68. The Labute approximate surface area is 173 Å². The van der Waals surface area contributed by atoms with E-state index in [9.17, 15) is 14.4 Å². The average Bonchev–Trinajstić information content (AvgIpc) is 3.35. The molecule has 0 atom stereocenters. The molecule has 0 radical (unpaired) electrons. The number of fused-ring (bicyclic) bond motifs is 4.